The highest BCUT2D eigenvalue weighted by atomic mass is 32.2. The van der Waals surface area contributed by atoms with Crippen LogP contribution in [0.15, 0.2) is 22.3 Å². The first-order chi connectivity index (χ1) is 11.8. The molecule has 0 radical (unpaired) electrons. The lowest BCUT2D eigenvalue weighted by Gasteiger charge is -2.22. The minimum absolute atomic E-state index is 0.00153. The first kappa shape index (κ1) is 16.4. The zero-order chi connectivity index (χ0) is 17.9. The lowest BCUT2D eigenvalue weighted by Crippen LogP contribution is -2.29. The molecule has 1 aromatic rings. The molecule has 4 rings (SSSR count). The molecule has 1 aliphatic carbocycles. The third-order valence-corrected chi connectivity index (χ3v) is 5.23. The zero-order valence-electron chi connectivity index (χ0n) is 14.0. The van der Waals surface area contributed by atoms with E-state index in [0.29, 0.717) is 5.56 Å². The maximum Gasteiger partial charge on any atom is 0.248 e. The second-order valence-corrected chi connectivity index (χ2v) is 7.51. The van der Waals surface area contributed by atoms with Crippen molar-refractivity contribution < 1.29 is 28.7 Å². The molecule has 1 spiro atoms. The van der Waals surface area contributed by atoms with Gasteiger partial charge in [-0.25, -0.2) is 0 Å². The summed E-state index contributed by atoms with van der Waals surface area (Å²) >= 11 is 1.28. The fourth-order valence-corrected chi connectivity index (χ4v) is 3.84. The van der Waals surface area contributed by atoms with Crippen molar-refractivity contribution in [1.82, 2.24) is 0 Å². The molecule has 0 atom stereocenters. The number of hydrogen-bond donors (Lipinski definition) is 1. The van der Waals surface area contributed by atoms with Gasteiger partial charge in [-0.05, 0) is 44.0 Å². The van der Waals surface area contributed by atoms with Crippen LogP contribution in [0, 0.1) is 13.8 Å². The Bertz CT molecular complexity index is 891. The van der Waals surface area contributed by atoms with Gasteiger partial charge >= 0.3 is 0 Å². The molecule has 1 fully saturated rings. The molecule has 0 amide bonds. The van der Waals surface area contributed by atoms with Gasteiger partial charge in [-0.15, -0.1) is 0 Å². The fourth-order valence-electron chi connectivity index (χ4n) is 3.24. The average Bonchev–Trinajstić information content (AvgIpc) is 3.28. The van der Waals surface area contributed by atoms with E-state index in [9.17, 15) is 14.7 Å². The van der Waals surface area contributed by atoms with Gasteiger partial charge in [-0.2, -0.15) is 9.78 Å². The summed E-state index contributed by atoms with van der Waals surface area (Å²) in [6, 6.07) is 1.70. The highest BCUT2D eigenvalue weighted by Crippen LogP contribution is 2.45. The van der Waals surface area contributed by atoms with Crippen molar-refractivity contribution in [1.29, 1.82) is 0 Å². The lowest BCUT2D eigenvalue weighted by atomic mass is 9.85. The van der Waals surface area contributed by atoms with E-state index in [0.717, 1.165) is 27.3 Å². The van der Waals surface area contributed by atoms with Crippen LogP contribution >= 0.6 is 12.0 Å². The third-order valence-electron chi connectivity index (χ3n) is 4.60. The van der Waals surface area contributed by atoms with Gasteiger partial charge < -0.3 is 9.29 Å². The van der Waals surface area contributed by atoms with Crippen LogP contribution in [-0.4, -0.2) is 22.5 Å². The first-order valence-corrected chi connectivity index (χ1v) is 8.59. The third kappa shape index (κ3) is 2.59. The normalized spacial score (nSPS) is 20.9. The summed E-state index contributed by atoms with van der Waals surface area (Å²) < 4.78 is 5.68. The molecular formula is C18H16O6S. The Morgan fingerprint density at radius 2 is 1.96 bits per heavy atom. The number of carbonyl (C=O) groups excluding carboxylic acids is 2. The van der Waals surface area contributed by atoms with Gasteiger partial charge in [-0.1, -0.05) is 0 Å². The van der Waals surface area contributed by atoms with Gasteiger partial charge in [0, 0.05) is 16.0 Å². The summed E-state index contributed by atoms with van der Waals surface area (Å²) in [5.74, 6) is -1.59. The molecule has 2 heterocycles. The Morgan fingerprint density at radius 1 is 1.24 bits per heavy atom. The quantitative estimate of drug-likeness (QED) is 0.283. The van der Waals surface area contributed by atoms with E-state index in [4.69, 9.17) is 14.0 Å². The number of aryl methyl sites for hydroxylation is 1. The van der Waals surface area contributed by atoms with Crippen molar-refractivity contribution in [3.63, 3.8) is 0 Å². The molecule has 1 saturated heterocycles. The van der Waals surface area contributed by atoms with Crippen LogP contribution in [-0.2, 0) is 14.6 Å². The zero-order valence-corrected chi connectivity index (χ0v) is 14.8. The molecule has 0 unspecified atom stereocenters. The number of carbonyl (C=O) groups is 2. The SMILES string of the molecule is CC1=Cc2c(C)c(C(=O)C3=C(O)CC4(CC3=O)OO4)cc(C)c2OS1. The van der Waals surface area contributed by atoms with Crippen molar-refractivity contribution in [2.24, 2.45) is 0 Å². The number of aliphatic hydroxyl groups excluding tert-OH is 1. The number of fused-ring (bicyclic) bond motifs is 1. The average molecular weight is 360 g/mol. The van der Waals surface area contributed by atoms with Gasteiger partial charge in [-0.3, -0.25) is 9.59 Å². The van der Waals surface area contributed by atoms with E-state index in [-0.39, 0.29) is 24.2 Å². The van der Waals surface area contributed by atoms with Crippen molar-refractivity contribution >= 4 is 29.7 Å². The molecule has 0 bridgehead atoms. The number of benzene rings is 1. The molecular weight excluding hydrogens is 344 g/mol. The van der Waals surface area contributed by atoms with Crippen LogP contribution in [0.3, 0.4) is 0 Å². The van der Waals surface area contributed by atoms with Gasteiger partial charge in [0.15, 0.2) is 11.6 Å². The molecule has 0 saturated carbocycles. The second kappa shape index (κ2) is 5.45. The van der Waals surface area contributed by atoms with Crippen LogP contribution < -0.4 is 4.18 Å². The Balaban J connectivity index is 1.81. The van der Waals surface area contributed by atoms with E-state index in [1.165, 1.54) is 12.0 Å². The van der Waals surface area contributed by atoms with Crippen molar-refractivity contribution in [2.75, 3.05) is 0 Å². The molecule has 7 heteroatoms. The Morgan fingerprint density at radius 3 is 2.60 bits per heavy atom. The molecule has 1 N–H and O–H groups in total. The van der Waals surface area contributed by atoms with Crippen LogP contribution in [0.1, 0.15) is 46.8 Å². The maximum absolute atomic E-state index is 13.0. The van der Waals surface area contributed by atoms with E-state index >= 15 is 0 Å². The fraction of sp³-hybridized carbons (Fsp3) is 0.333. The minimum Gasteiger partial charge on any atom is -0.511 e. The smallest absolute Gasteiger partial charge is 0.248 e. The monoisotopic (exact) mass is 360 g/mol. The number of rotatable bonds is 2. The van der Waals surface area contributed by atoms with Gasteiger partial charge in [0.2, 0.25) is 5.79 Å². The van der Waals surface area contributed by atoms with Crippen LogP contribution in [0.4, 0.5) is 0 Å². The summed E-state index contributed by atoms with van der Waals surface area (Å²) in [5, 5.41) is 10.2. The van der Waals surface area contributed by atoms with Crippen LogP contribution in [0.2, 0.25) is 0 Å². The highest BCUT2D eigenvalue weighted by Gasteiger charge is 2.55. The maximum atomic E-state index is 13.0. The number of allylic oxidation sites excluding steroid dienone is 2. The van der Waals surface area contributed by atoms with E-state index in [1.807, 2.05) is 26.8 Å². The predicted octanol–water partition coefficient (Wildman–Crippen LogP) is 3.72. The summed E-state index contributed by atoms with van der Waals surface area (Å²) in [5.41, 5.74) is 2.55. The number of aliphatic hydroxyl groups is 1. The Hall–Kier alpha value is -2.09. The van der Waals surface area contributed by atoms with E-state index in [2.05, 4.69) is 0 Å². The molecule has 6 nitrogen and oxygen atoms in total. The van der Waals surface area contributed by atoms with Crippen molar-refractivity contribution in [3.05, 3.63) is 44.6 Å². The largest absolute Gasteiger partial charge is 0.511 e. The second-order valence-electron chi connectivity index (χ2n) is 6.54. The summed E-state index contributed by atoms with van der Waals surface area (Å²) in [4.78, 5) is 35.9. The van der Waals surface area contributed by atoms with Crippen LogP contribution in [0.5, 0.6) is 5.75 Å². The first-order valence-electron chi connectivity index (χ1n) is 7.85. The summed E-state index contributed by atoms with van der Waals surface area (Å²) in [7, 11) is 0. The van der Waals surface area contributed by atoms with Crippen molar-refractivity contribution in [3.8, 4) is 5.75 Å². The standard InChI is InChI=1S/C18H16O6S/c1-8-4-11(10(3)12-5-9(2)25-22-17(8)12)16(21)15-13(19)6-18(23-24-18)7-14(15)20/h4-5,19H,6-7H2,1-3H3. The lowest BCUT2D eigenvalue weighted by molar-refractivity contribution is -0.117. The number of ketones is 2. The van der Waals surface area contributed by atoms with Gasteiger partial charge in [0.05, 0.1) is 24.9 Å². The van der Waals surface area contributed by atoms with Gasteiger partial charge in [0.25, 0.3) is 0 Å². The molecule has 130 valence electrons. The minimum atomic E-state index is -1.07. The summed E-state index contributed by atoms with van der Waals surface area (Å²) in [6.45, 7) is 5.58. The molecule has 3 aliphatic rings. The molecule has 25 heavy (non-hydrogen) atoms. The van der Waals surface area contributed by atoms with E-state index < -0.39 is 17.4 Å². The van der Waals surface area contributed by atoms with Gasteiger partial charge in [0.1, 0.15) is 17.1 Å². The molecule has 2 aliphatic heterocycles. The predicted molar refractivity (Wildman–Crippen MR) is 90.9 cm³/mol. The van der Waals surface area contributed by atoms with Crippen molar-refractivity contribution in [2.45, 2.75) is 39.4 Å². The summed E-state index contributed by atoms with van der Waals surface area (Å²) in [6.07, 6.45) is 1.89. The Labute approximate surface area is 148 Å². The van der Waals surface area contributed by atoms with E-state index in [1.54, 1.807) is 6.07 Å². The number of hydrogen-bond acceptors (Lipinski definition) is 7. The topological polar surface area (TPSA) is 88.7 Å². The molecule has 1 aromatic carbocycles. The highest BCUT2D eigenvalue weighted by molar-refractivity contribution is 7.99. The molecule has 0 aromatic heterocycles. The Kier molecular flexibility index (Phi) is 3.57. The van der Waals surface area contributed by atoms with Crippen LogP contribution in [0.25, 0.3) is 6.08 Å². The number of Topliss-reactive ketones (excluding diaryl/α,β-unsaturated/α-hetero) is 2.